The van der Waals surface area contributed by atoms with Gasteiger partial charge in [-0.05, 0) is 29.7 Å². The van der Waals surface area contributed by atoms with E-state index in [1.165, 1.54) is 12.1 Å². The molecule has 0 spiro atoms. The maximum atomic E-state index is 13.1. The van der Waals surface area contributed by atoms with Gasteiger partial charge in [-0.25, -0.2) is 4.39 Å². The van der Waals surface area contributed by atoms with Crippen molar-refractivity contribution in [2.75, 3.05) is 5.88 Å². The zero-order chi connectivity index (χ0) is 12.1. The average molecular weight is 249 g/mol. The van der Waals surface area contributed by atoms with Crippen LogP contribution in [0.3, 0.4) is 0 Å². The van der Waals surface area contributed by atoms with Gasteiger partial charge in [0, 0.05) is 5.88 Å². The summed E-state index contributed by atoms with van der Waals surface area (Å²) in [5, 5.41) is 28.1. The normalized spacial score (nSPS) is 14.8. The molecule has 2 atom stereocenters. The number of hydrogen-bond donors (Lipinski definition) is 3. The fourth-order valence-electron chi connectivity index (χ4n) is 1.43. The second-order valence-corrected chi connectivity index (χ2v) is 3.92. The molecule has 0 aliphatic rings. The third-order valence-electron chi connectivity index (χ3n) is 2.27. The van der Waals surface area contributed by atoms with Crippen molar-refractivity contribution in [1.82, 2.24) is 0 Å². The molecule has 90 valence electrons. The van der Waals surface area contributed by atoms with Gasteiger partial charge in [0.05, 0.1) is 12.7 Å². The van der Waals surface area contributed by atoms with Gasteiger partial charge in [-0.2, -0.15) is 0 Å². The van der Waals surface area contributed by atoms with E-state index >= 15 is 0 Å². The van der Waals surface area contributed by atoms with Crippen LogP contribution in [0.2, 0.25) is 0 Å². The van der Waals surface area contributed by atoms with Crippen LogP contribution in [-0.4, -0.2) is 27.3 Å². The van der Waals surface area contributed by atoms with Crippen LogP contribution in [0.5, 0.6) is 0 Å². The van der Waals surface area contributed by atoms with E-state index in [2.05, 4.69) is 0 Å². The Kier molecular flexibility index (Phi) is 5.15. The lowest BCUT2D eigenvalue weighted by Crippen LogP contribution is -2.19. The third kappa shape index (κ3) is 3.42. The van der Waals surface area contributed by atoms with Crippen LogP contribution < -0.4 is 0 Å². The molecule has 0 radical (unpaired) electrons. The lowest BCUT2D eigenvalue weighted by atomic mass is 10.0. The van der Waals surface area contributed by atoms with E-state index in [0.29, 0.717) is 5.56 Å². The number of aliphatic hydroxyl groups excluding tert-OH is 3. The Morgan fingerprint density at radius 2 is 1.94 bits per heavy atom. The number of halogens is 2. The Labute approximate surface area is 98.1 Å². The second-order valence-electron chi connectivity index (χ2n) is 3.54. The number of rotatable bonds is 5. The van der Waals surface area contributed by atoms with Crippen molar-refractivity contribution in [3.05, 3.63) is 35.1 Å². The molecular formula is C11H14ClFO3. The predicted molar refractivity (Wildman–Crippen MR) is 58.6 cm³/mol. The molecule has 3 nitrogen and oxygen atoms in total. The topological polar surface area (TPSA) is 60.7 Å². The van der Waals surface area contributed by atoms with Gasteiger partial charge in [-0.3, -0.25) is 0 Å². The molecule has 0 fully saturated rings. The van der Waals surface area contributed by atoms with Crippen molar-refractivity contribution in [3.8, 4) is 0 Å². The Morgan fingerprint density at radius 3 is 2.50 bits per heavy atom. The lowest BCUT2D eigenvalue weighted by molar-refractivity contribution is 0.0167. The molecule has 1 rings (SSSR count). The van der Waals surface area contributed by atoms with Crippen LogP contribution >= 0.6 is 11.6 Å². The van der Waals surface area contributed by atoms with E-state index in [1.807, 2.05) is 0 Å². The zero-order valence-corrected chi connectivity index (χ0v) is 9.36. The van der Waals surface area contributed by atoms with E-state index < -0.39 is 18.0 Å². The highest BCUT2D eigenvalue weighted by Crippen LogP contribution is 2.21. The smallest absolute Gasteiger partial charge is 0.123 e. The minimum Gasteiger partial charge on any atom is -0.392 e. The molecule has 0 amide bonds. The van der Waals surface area contributed by atoms with Gasteiger partial charge in [-0.15, -0.1) is 11.6 Å². The van der Waals surface area contributed by atoms with Crippen molar-refractivity contribution in [2.45, 2.75) is 25.2 Å². The molecule has 0 bridgehead atoms. The van der Waals surface area contributed by atoms with Crippen LogP contribution in [0.15, 0.2) is 18.2 Å². The molecule has 0 aliphatic carbocycles. The van der Waals surface area contributed by atoms with Crippen molar-refractivity contribution >= 4 is 11.6 Å². The highest BCUT2D eigenvalue weighted by Gasteiger charge is 2.18. The first-order valence-corrected chi connectivity index (χ1v) is 5.44. The molecule has 1 aromatic rings. The number of hydrogen-bond acceptors (Lipinski definition) is 3. The predicted octanol–water partition coefficient (Wildman–Crippen LogP) is 1.34. The standard InChI is InChI=1S/C11H14ClFO3/c12-2-1-10(15)11(16)8-3-7(6-14)4-9(13)5-8/h3-5,10-11,14-16H,1-2,6H2. The Morgan fingerprint density at radius 1 is 1.25 bits per heavy atom. The Balaban J connectivity index is 2.89. The van der Waals surface area contributed by atoms with Gasteiger partial charge in [-0.1, -0.05) is 6.07 Å². The summed E-state index contributed by atoms with van der Waals surface area (Å²) in [6, 6.07) is 3.75. The molecule has 3 N–H and O–H groups in total. The summed E-state index contributed by atoms with van der Waals surface area (Å²) in [5.41, 5.74) is 0.591. The van der Waals surface area contributed by atoms with Crippen molar-refractivity contribution in [2.24, 2.45) is 0 Å². The maximum absolute atomic E-state index is 13.1. The van der Waals surface area contributed by atoms with Gasteiger partial charge in [0.2, 0.25) is 0 Å². The molecule has 1 aromatic carbocycles. The third-order valence-corrected chi connectivity index (χ3v) is 2.49. The first-order valence-electron chi connectivity index (χ1n) is 4.90. The first kappa shape index (κ1) is 13.4. The minimum atomic E-state index is -1.19. The molecule has 5 heteroatoms. The SMILES string of the molecule is OCc1cc(F)cc(C(O)C(O)CCCl)c1. The largest absolute Gasteiger partial charge is 0.392 e. The van der Waals surface area contributed by atoms with Crippen LogP contribution in [0.1, 0.15) is 23.7 Å². The quantitative estimate of drug-likeness (QED) is 0.690. The summed E-state index contributed by atoms with van der Waals surface area (Å²) in [6.07, 6.45) is -2.01. The molecular weight excluding hydrogens is 235 g/mol. The maximum Gasteiger partial charge on any atom is 0.123 e. The van der Waals surface area contributed by atoms with Crippen molar-refractivity contribution in [1.29, 1.82) is 0 Å². The summed E-state index contributed by atoms with van der Waals surface area (Å²) in [6.45, 7) is -0.316. The molecule has 2 unspecified atom stereocenters. The highest BCUT2D eigenvalue weighted by atomic mass is 35.5. The fourth-order valence-corrected chi connectivity index (χ4v) is 1.65. The molecule has 0 aliphatic heterocycles. The van der Waals surface area contributed by atoms with E-state index in [9.17, 15) is 14.6 Å². The van der Waals surface area contributed by atoms with E-state index in [1.54, 1.807) is 0 Å². The van der Waals surface area contributed by atoms with Gasteiger partial charge < -0.3 is 15.3 Å². The van der Waals surface area contributed by atoms with Gasteiger partial charge in [0.15, 0.2) is 0 Å². The average Bonchev–Trinajstić information content (AvgIpc) is 2.27. The van der Waals surface area contributed by atoms with Crippen LogP contribution in [0, 0.1) is 5.82 Å². The number of alkyl halides is 1. The first-order chi connectivity index (χ1) is 7.58. The molecule has 0 saturated carbocycles. The van der Waals surface area contributed by atoms with Crippen LogP contribution in [0.4, 0.5) is 4.39 Å². The molecule has 0 saturated heterocycles. The van der Waals surface area contributed by atoms with E-state index in [-0.39, 0.29) is 24.5 Å². The summed E-state index contributed by atoms with van der Waals surface area (Å²) < 4.78 is 13.1. The lowest BCUT2D eigenvalue weighted by Gasteiger charge is -2.17. The van der Waals surface area contributed by atoms with Crippen molar-refractivity contribution < 1.29 is 19.7 Å². The summed E-state index contributed by atoms with van der Waals surface area (Å²) >= 11 is 5.43. The molecule has 0 aromatic heterocycles. The Bertz CT molecular complexity index is 346. The summed E-state index contributed by atoms with van der Waals surface area (Å²) in [7, 11) is 0. The Hall–Kier alpha value is -0.680. The van der Waals surface area contributed by atoms with E-state index in [4.69, 9.17) is 16.7 Å². The van der Waals surface area contributed by atoms with Crippen molar-refractivity contribution in [3.63, 3.8) is 0 Å². The van der Waals surface area contributed by atoms with Crippen LogP contribution in [0.25, 0.3) is 0 Å². The van der Waals surface area contributed by atoms with Crippen LogP contribution in [-0.2, 0) is 6.61 Å². The minimum absolute atomic E-state index is 0.209. The highest BCUT2D eigenvalue weighted by molar-refractivity contribution is 6.17. The molecule has 0 heterocycles. The number of benzene rings is 1. The summed E-state index contributed by atoms with van der Waals surface area (Å²) in [4.78, 5) is 0. The summed E-state index contributed by atoms with van der Waals surface area (Å²) in [5.74, 6) is -0.348. The monoisotopic (exact) mass is 248 g/mol. The van der Waals surface area contributed by atoms with Gasteiger partial charge in [0.1, 0.15) is 11.9 Å². The fraction of sp³-hybridized carbons (Fsp3) is 0.455. The second kappa shape index (κ2) is 6.15. The number of aliphatic hydroxyl groups is 3. The van der Waals surface area contributed by atoms with E-state index in [0.717, 1.165) is 6.07 Å². The zero-order valence-electron chi connectivity index (χ0n) is 8.61. The molecule has 16 heavy (non-hydrogen) atoms. The van der Waals surface area contributed by atoms with Gasteiger partial charge >= 0.3 is 0 Å². The van der Waals surface area contributed by atoms with Gasteiger partial charge in [0.25, 0.3) is 0 Å².